The Bertz CT molecular complexity index is 1190. The van der Waals surface area contributed by atoms with Crippen molar-refractivity contribution in [3.63, 3.8) is 0 Å². The van der Waals surface area contributed by atoms with Crippen LogP contribution in [-0.4, -0.2) is 71.8 Å². The van der Waals surface area contributed by atoms with Crippen LogP contribution in [0.2, 0.25) is 5.02 Å². The molecular formula is C29H34ClN3O4. The maximum Gasteiger partial charge on any atom is 0.336 e. The Balaban J connectivity index is 1.54. The van der Waals surface area contributed by atoms with E-state index >= 15 is 0 Å². The quantitative estimate of drug-likeness (QED) is 0.501. The smallest absolute Gasteiger partial charge is 0.336 e. The molecule has 2 amide bonds. The van der Waals surface area contributed by atoms with E-state index in [0.717, 1.165) is 43.9 Å². The number of nitrogens with zero attached hydrogens (tertiary/aromatic N) is 3. The Morgan fingerprint density at radius 1 is 1.03 bits per heavy atom. The van der Waals surface area contributed by atoms with Gasteiger partial charge in [0, 0.05) is 54.8 Å². The fraction of sp³-hybridized carbons (Fsp3) is 0.414. The van der Waals surface area contributed by atoms with Crippen molar-refractivity contribution in [3.05, 3.63) is 81.5 Å². The van der Waals surface area contributed by atoms with Gasteiger partial charge in [-0.05, 0) is 55.8 Å². The van der Waals surface area contributed by atoms with Gasteiger partial charge < -0.3 is 19.4 Å². The van der Waals surface area contributed by atoms with E-state index in [-0.39, 0.29) is 24.8 Å². The first-order chi connectivity index (χ1) is 17.8. The fourth-order valence-corrected chi connectivity index (χ4v) is 5.27. The molecule has 0 spiro atoms. The lowest BCUT2D eigenvalue weighted by Gasteiger charge is -2.35. The van der Waals surface area contributed by atoms with E-state index in [9.17, 15) is 14.4 Å². The normalized spacial score (nSPS) is 18.8. The van der Waals surface area contributed by atoms with E-state index in [4.69, 9.17) is 16.3 Å². The SMILES string of the molecule is CCOC(=O)C1=C(C)N(Cc2ccc(C(=O)N3CCN(CC)CC3)cc2)C(=O)CC1c1cccc(Cl)c1. The lowest BCUT2D eigenvalue weighted by Crippen LogP contribution is -2.48. The number of allylic oxidation sites excluding steroid dienone is 1. The molecule has 1 fully saturated rings. The van der Waals surface area contributed by atoms with Crippen LogP contribution in [0.25, 0.3) is 0 Å². The zero-order chi connectivity index (χ0) is 26.5. The number of esters is 1. The molecule has 2 aliphatic rings. The van der Waals surface area contributed by atoms with Crippen molar-refractivity contribution in [3.8, 4) is 0 Å². The van der Waals surface area contributed by atoms with Crippen LogP contribution in [-0.2, 0) is 20.9 Å². The summed E-state index contributed by atoms with van der Waals surface area (Å²) in [7, 11) is 0. The highest BCUT2D eigenvalue weighted by molar-refractivity contribution is 6.30. The molecular weight excluding hydrogens is 490 g/mol. The highest BCUT2D eigenvalue weighted by Crippen LogP contribution is 2.38. The zero-order valence-electron chi connectivity index (χ0n) is 21.7. The molecule has 196 valence electrons. The molecule has 0 saturated carbocycles. The van der Waals surface area contributed by atoms with Crippen LogP contribution >= 0.6 is 11.6 Å². The van der Waals surface area contributed by atoms with Crippen LogP contribution in [0.4, 0.5) is 0 Å². The van der Waals surface area contributed by atoms with Crippen LogP contribution in [0, 0.1) is 0 Å². The number of halogens is 1. The number of ether oxygens (including phenoxy) is 1. The maximum atomic E-state index is 13.3. The van der Waals surface area contributed by atoms with Gasteiger partial charge in [-0.15, -0.1) is 0 Å². The number of rotatable bonds is 7. The number of piperazine rings is 1. The molecule has 8 heteroatoms. The van der Waals surface area contributed by atoms with Gasteiger partial charge in [0.15, 0.2) is 0 Å². The third kappa shape index (κ3) is 6.05. The molecule has 4 rings (SSSR count). The molecule has 2 aliphatic heterocycles. The van der Waals surface area contributed by atoms with Gasteiger partial charge >= 0.3 is 5.97 Å². The lowest BCUT2D eigenvalue weighted by molar-refractivity contribution is -0.140. The Kier molecular flexibility index (Phi) is 8.67. The second-order valence-electron chi connectivity index (χ2n) is 9.43. The summed E-state index contributed by atoms with van der Waals surface area (Å²) in [6.45, 7) is 10.5. The fourth-order valence-electron chi connectivity index (χ4n) is 5.07. The van der Waals surface area contributed by atoms with Gasteiger partial charge in [-0.25, -0.2) is 4.79 Å². The molecule has 2 heterocycles. The van der Waals surface area contributed by atoms with Crippen LogP contribution in [0.3, 0.4) is 0 Å². The van der Waals surface area contributed by atoms with E-state index in [1.807, 2.05) is 41.3 Å². The summed E-state index contributed by atoms with van der Waals surface area (Å²) in [4.78, 5) is 45.1. The van der Waals surface area contributed by atoms with Crippen LogP contribution < -0.4 is 0 Å². The molecule has 7 nitrogen and oxygen atoms in total. The number of likely N-dealkylation sites (N-methyl/N-ethyl adjacent to an activating group) is 1. The highest BCUT2D eigenvalue weighted by atomic mass is 35.5. The molecule has 1 atom stereocenters. The zero-order valence-corrected chi connectivity index (χ0v) is 22.5. The molecule has 2 aromatic rings. The number of amides is 2. The molecule has 0 aromatic heterocycles. The molecule has 0 radical (unpaired) electrons. The van der Waals surface area contributed by atoms with Crippen molar-refractivity contribution >= 4 is 29.4 Å². The molecule has 1 unspecified atom stereocenters. The van der Waals surface area contributed by atoms with Gasteiger partial charge in [0.1, 0.15) is 0 Å². The van der Waals surface area contributed by atoms with Crippen molar-refractivity contribution in [2.75, 3.05) is 39.3 Å². The second kappa shape index (κ2) is 11.9. The molecule has 2 aromatic carbocycles. The number of carbonyl (C=O) groups excluding carboxylic acids is 3. The summed E-state index contributed by atoms with van der Waals surface area (Å²) in [6, 6.07) is 14.6. The number of carbonyl (C=O) groups is 3. The first kappa shape index (κ1) is 26.9. The Morgan fingerprint density at radius 3 is 2.35 bits per heavy atom. The minimum atomic E-state index is -0.424. The summed E-state index contributed by atoms with van der Waals surface area (Å²) in [5.41, 5.74) is 3.38. The summed E-state index contributed by atoms with van der Waals surface area (Å²) >= 11 is 6.20. The van der Waals surface area contributed by atoms with Gasteiger partial charge in [0.25, 0.3) is 5.91 Å². The molecule has 1 saturated heterocycles. The van der Waals surface area contributed by atoms with E-state index in [2.05, 4.69) is 11.8 Å². The van der Waals surface area contributed by atoms with E-state index in [1.54, 1.807) is 30.9 Å². The first-order valence-corrected chi connectivity index (χ1v) is 13.2. The van der Waals surface area contributed by atoms with Crippen LogP contribution in [0.15, 0.2) is 59.8 Å². The Labute approximate surface area is 223 Å². The van der Waals surface area contributed by atoms with Crippen molar-refractivity contribution in [2.24, 2.45) is 0 Å². The van der Waals surface area contributed by atoms with Crippen molar-refractivity contribution in [2.45, 2.75) is 39.7 Å². The lowest BCUT2D eigenvalue weighted by atomic mass is 9.83. The summed E-state index contributed by atoms with van der Waals surface area (Å²) in [5.74, 6) is -0.896. The van der Waals surface area contributed by atoms with Gasteiger partial charge in [-0.3, -0.25) is 9.59 Å². The average molecular weight is 524 g/mol. The maximum absolute atomic E-state index is 13.3. The van der Waals surface area contributed by atoms with E-state index in [1.165, 1.54) is 0 Å². The predicted octanol–water partition coefficient (Wildman–Crippen LogP) is 4.47. The Hall–Kier alpha value is -3.16. The number of benzene rings is 2. The van der Waals surface area contributed by atoms with Gasteiger partial charge in [0.2, 0.25) is 5.91 Å². The first-order valence-electron chi connectivity index (χ1n) is 12.9. The third-order valence-corrected chi connectivity index (χ3v) is 7.45. The van der Waals surface area contributed by atoms with Gasteiger partial charge in [0.05, 0.1) is 18.7 Å². The Morgan fingerprint density at radius 2 is 1.73 bits per heavy atom. The van der Waals surface area contributed by atoms with E-state index < -0.39 is 11.9 Å². The standard InChI is InChI=1S/C29H34ClN3O4/c1-4-31-13-15-32(16-14-31)28(35)22-11-9-21(10-12-22)19-33-20(3)27(29(36)37-5-2)25(18-26(33)34)23-7-6-8-24(30)17-23/h6-12,17,25H,4-5,13-16,18-19H2,1-3H3. The second-order valence-corrected chi connectivity index (χ2v) is 9.87. The van der Waals surface area contributed by atoms with Crippen molar-refractivity contribution in [1.29, 1.82) is 0 Å². The van der Waals surface area contributed by atoms with Gasteiger partial charge in [-0.2, -0.15) is 0 Å². The largest absolute Gasteiger partial charge is 0.463 e. The molecule has 0 N–H and O–H groups in total. The molecule has 37 heavy (non-hydrogen) atoms. The summed E-state index contributed by atoms with van der Waals surface area (Å²) < 4.78 is 5.37. The van der Waals surface area contributed by atoms with E-state index in [0.29, 0.717) is 28.4 Å². The minimum absolute atomic E-state index is 0.0291. The molecule has 0 bridgehead atoms. The van der Waals surface area contributed by atoms with Crippen molar-refractivity contribution in [1.82, 2.24) is 14.7 Å². The number of hydrogen-bond donors (Lipinski definition) is 0. The topological polar surface area (TPSA) is 70.2 Å². The summed E-state index contributed by atoms with van der Waals surface area (Å²) in [5, 5.41) is 0.551. The highest BCUT2D eigenvalue weighted by Gasteiger charge is 2.37. The predicted molar refractivity (Wildman–Crippen MR) is 143 cm³/mol. The minimum Gasteiger partial charge on any atom is -0.463 e. The van der Waals surface area contributed by atoms with Crippen molar-refractivity contribution < 1.29 is 19.1 Å². The van der Waals surface area contributed by atoms with Gasteiger partial charge in [-0.1, -0.05) is 42.8 Å². The van der Waals surface area contributed by atoms with Crippen LogP contribution in [0.5, 0.6) is 0 Å². The average Bonchev–Trinajstić information content (AvgIpc) is 2.91. The third-order valence-electron chi connectivity index (χ3n) is 7.22. The summed E-state index contributed by atoms with van der Waals surface area (Å²) in [6.07, 6.45) is 0.145. The van der Waals surface area contributed by atoms with Crippen LogP contribution in [0.1, 0.15) is 54.6 Å². The number of hydrogen-bond acceptors (Lipinski definition) is 5. The molecule has 0 aliphatic carbocycles. The monoisotopic (exact) mass is 523 g/mol.